The number of likely N-dealkylation sites (N-methyl/N-ethyl adjacent to an activating group) is 2. The summed E-state index contributed by atoms with van der Waals surface area (Å²) in [6.07, 6.45) is -0.736. The van der Waals surface area contributed by atoms with Gasteiger partial charge in [-0.25, -0.2) is 20.4 Å². The van der Waals surface area contributed by atoms with Crippen molar-refractivity contribution in [3.8, 4) is 0 Å². The van der Waals surface area contributed by atoms with Crippen LogP contribution in [-0.2, 0) is 0 Å². The molecule has 0 aromatic rings. The Morgan fingerprint density at radius 2 is 1.92 bits per heavy atom. The lowest BCUT2D eigenvalue weighted by atomic mass is 10.4. The zero-order valence-electron chi connectivity index (χ0n) is 7.39. The van der Waals surface area contributed by atoms with E-state index >= 15 is 0 Å². The van der Waals surface area contributed by atoms with Crippen molar-refractivity contribution in [2.45, 2.75) is 12.3 Å². The number of carbonyl (C=O) groups excluding carboxylic acids is 2. The van der Waals surface area contributed by atoms with E-state index in [0.717, 1.165) is 5.01 Å². The molecule has 0 unspecified atom stereocenters. The molecule has 7 nitrogen and oxygen atoms in total. The van der Waals surface area contributed by atoms with E-state index in [0.29, 0.717) is 0 Å². The molecule has 0 bridgehead atoms. The molecule has 72 valence electrons. The summed E-state index contributed by atoms with van der Waals surface area (Å²) in [6, 6.07) is -0.508. The number of urea groups is 2. The van der Waals surface area contributed by atoms with Crippen molar-refractivity contribution in [3.63, 3.8) is 0 Å². The van der Waals surface area contributed by atoms with E-state index in [1.807, 2.05) is 0 Å². The molecule has 7 heteroatoms. The first-order valence-corrected chi connectivity index (χ1v) is 3.88. The molecule has 2 atom stereocenters. The van der Waals surface area contributed by atoms with E-state index in [-0.39, 0.29) is 18.2 Å². The molecule has 0 spiro atoms. The van der Waals surface area contributed by atoms with Crippen LogP contribution < -0.4 is 11.2 Å². The van der Waals surface area contributed by atoms with Gasteiger partial charge in [-0.05, 0) is 0 Å². The lowest BCUT2D eigenvalue weighted by Gasteiger charge is -2.21. The Morgan fingerprint density at radius 3 is 2.46 bits per heavy atom. The van der Waals surface area contributed by atoms with Gasteiger partial charge in [0.15, 0.2) is 6.17 Å². The summed E-state index contributed by atoms with van der Waals surface area (Å²) in [5.74, 6) is 5.48. The van der Waals surface area contributed by atoms with Crippen molar-refractivity contribution in [3.05, 3.63) is 0 Å². The molecule has 13 heavy (non-hydrogen) atoms. The number of hydrogen-bond donors (Lipinski definition) is 2. The molecular weight excluding hydrogens is 174 g/mol. The molecule has 0 aromatic carbocycles. The number of nitrogens with one attached hydrogen (secondary N) is 1. The smallest absolute Gasteiger partial charge is 0.313 e. The number of rotatable bonds is 0. The summed E-state index contributed by atoms with van der Waals surface area (Å²) >= 11 is 0. The molecule has 0 aromatic heterocycles. The van der Waals surface area contributed by atoms with E-state index in [9.17, 15) is 9.59 Å². The molecule has 2 aliphatic rings. The van der Waals surface area contributed by atoms with Gasteiger partial charge in [-0.3, -0.25) is 0 Å². The first kappa shape index (κ1) is 8.11. The Balaban J connectivity index is 2.32. The highest BCUT2D eigenvalue weighted by Crippen LogP contribution is 2.23. The Labute approximate surface area is 75.0 Å². The zero-order chi connectivity index (χ0) is 9.75. The van der Waals surface area contributed by atoms with Gasteiger partial charge in [0.2, 0.25) is 0 Å². The Morgan fingerprint density at radius 1 is 1.31 bits per heavy atom. The summed E-state index contributed by atoms with van der Waals surface area (Å²) in [7, 11) is 3.24. The summed E-state index contributed by atoms with van der Waals surface area (Å²) in [5, 5.41) is 3.64. The van der Waals surface area contributed by atoms with E-state index < -0.39 is 6.17 Å². The molecule has 0 radical (unpaired) electrons. The fourth-order valence-electron chi connectivity index (χ4n) is 1.72. The molecule has 0 saturated carbocycles. The van der Waals surface area contributed by atoms with Crippen LogP contribution in [0, 0.1) is 0 Å². The number of fused-ring (bicyclic) bond motifs is 1. The maximum atomic E-state index is 11.4. The van der Waals surface area contributed by atoms with Gasteiger partial charge in [-0.15, -0.1) is 0 Å². The summed E-state index contributed by atoms with van der Waals surface area (Å²) in [5.41, 5.74) is 0. The second-order valence-electron chi connectivity index (χ2n) is 3.22. The third kappa shape index (κ3) is 0.816. The molecule has 2 saturated heterocycles. The molecule has 2 heterocycles. The van der Waals surface area contributed by atoms with Crippen LogP contribution in [0.15, 0.2) is 0 Å². The van der Waals surface area contributed by atoms with Crippen LogP contribution >= 0.6 is 0 Å². The lowest BCUT2D eigenvalue weighted by Crippen LogP contribution is -2.48. The maximum Gasteiger partial charge on any atom is 0.335 e. The van der Waals surface area contributed by atoms with Crippen molar-refractivity contribution >= 4 is 12.1 Å². The second kappa shape index (κ2) is 2.25. The number of nitrogens with two attached hydrogens (primary N) is 1. The fourth-order valence-corrected chi connectivity index (χ4v) is 1.72. The normalized spacial score (nSPS) is 32.7. The third-order valence-electron chi connectivity index (χ3n) is 2.49. The van der Waals surface area contributed by atoms with Gasteiger partial charge in [0.1, 0.15) is 6.17 Å². The number of hydrogen-bond acceptors (Lipinski definition) is 3. The van der Waals surface area contributed by atoms with E-state index in [2.05, 4.69) is 5.32 Å². The van der Waals surface area contributed by atoms with Gasteiger partial charge in [-0.2, -0.15) is 0 Å². The Bertz CT molecular complexity index is 280. The largest absolute Gasteiger partial charge is 0.335 e. The number of hydrazine groups is 1. The van der Waals surface area contributed by atoms with Crippen molar-refractivity contribution in [2.75, 3.05) is 14.1 Å². The van der Waals surface area contributed by atoms with E-state index in [1.54, 1.807) is 14.1 Å². The van der Waals surface area contributed by atoms with Crippen LogP contribution in [0.2, 0.25) is 0 Å². The number of carbonyl (C=O) groups is 2. The van der Waals surface area contributed by atoms with Crippen molar-refractivity contribution in [1.82, 2.24) is 20.1 Å². The van der Waals surface area contributed by atoms with Gasteiger partial charge in [0, 0.05) is 14.1 Å². The Kier molecular flexibility index (Phi) is 1.41. The topological polar surface area (TPSA) is 81.9 Å². The molecule has 3 N–H and O–H groups in total. The highest BCUT2D eigenvalue weighted by molar-refractivity contribution is 5.84. The van der Waals surface area contributed by atoms with Gasteiger partial charge in [0.05, 0.1) is 0 Å². The van der Waals surface area contributed by atoms with Crippen molar-refractivity contribution in [1.29, 1.82) is 0 Å². The molecule has 2 rings (SSSR count). The van der Waals surface area contributed by atoms with Gasteiger partial charge >= 0.3 is 12.1 Å². The van der Waals surface area contributed by atoms with Crippen molar-refractivity contribution in [2.24, 2.45) is 5.84 Å². The quantitative estimate of drug-likeness (QED) is 0.357. The molecule has 4 amide bonds. The van der Waals surface area contributed by atoms with Gasteiger partial charge in [0.25, 0.3) is 0 Å². The minimum absolute atomic E-state index is 0.148. The van der Waals surface area contributed by atoms with Crippen LogP contribution in [0.1, 0.15) is 0 Å². The van der Waals surface area contributed by atoms with Crippen LogP contribution in [0.3, 0.4) is 0 Å². The predicted molar refractivity (Wildman–Crippen MR) is 43.1 cm³/mol. The third-order valence-corrected chi connectivity index (χ3v) is 2.49. The van der Waals surface area contributed by atoms with Crippen LogP contribution in [-0.4, -0.2) is 53.3 Å². The first-order valence-electron chi connectivity index (χ1n) is 3.88. The lowest BCUT2D eigenvalue weighted by molar-refractivity contribution is 0.146. The average molecular weight is 185 g/mol. The second-order valence-corrected chi connectivity index (χ2v) is 3.22. The summed E-state index contributed by atoms with van der Waals surface area (Å²) in [4.78, 5) is 25.4. The molecular formula is C6H11N5O2. The van der Waals surface area contributed by atoms with E-state index in [1.165, 1.54) is 9.80 Å². The highest BCUT2D eigenvalue weighted by atomic mass is 16.2. The molecule has 2 aliphatic heterocycles. The van der Waals surface area contributed by atoms with Crippen LogP contribution in [0.5, 0.6) is 0 Å². The SMILES string of the molecule is CN1C(=O)N(C)[C@H]2NC(=O)N(N)[C@H]21. The zero-order valence-corrected chi connectivity index (χ0v) is 7.39. The molecule has 0 aliphatic carbocycles. The number of amides is 4. The maximum absolute atomic E-state index is 11.4. The average Bonchev–Trinajstić information content (AvgIpc) is 2.48. The first-order chi connectivity index (χ1) is 6.04. The van der Waals surface area contributed by atoms with Crippen LogP contribution in [0.4, 0.5) is 9.59 Å². The predicted octanol–water partition coefficient (Wildman–Crippen LogP) is -1.47. The van der Waals surface area contributed by atoms with Gasteiger partial charge in [-0.1, -0.05) is 0 Å². The number of nitrogens with zero attached hydrogens (tertiary/aromatic N) is 3. The fraction of sp³-hybridized carbons (Fsp3) is 0.667. The standard InChI is InChI=1S/C6H11N5O2/c1-9-3-4(10(2)6(9)13)11(7)5(12)8-3/h3-4H,7H2,1-2H3,(H,8,12)/t3-,4-/m1/s1. The van der Waals surface area contributed by atoms with Crippen molar-refractivity contribution < 1.29 is 9.59 Å². The highest BCUT2D eigenvalue weighted by Gasteiger charge is 2.51. The Hall–Kier alpha value is -1.50. The molecule has 2 fully saturated rings. The minimum atomic E-state index is -0.398. The van der Waals surface area contributed by atoms with Crippen LogP contribution in [0.25, 0.3) is 0 Å². The summed E-state index contributed by atoms with van der Waals surface area (Å²) in [6.45, 7) is 0. The van der Waals surface area contributed by atoms with E-state index in [4.69, 9.17) is 5.84 Å². The monoisotopic (exact) mass is 185 g/mol. The minimum Gasteiger partial charge on any atom is -0.313 e. The van der Waals surface area contributed by atoms with Gasteiger partial charge < -0.3 is 15.1 Å². The summed E-state index contributed by atoms with van der Waals surface area (Å²) < 4.78 is 0.